The first kappa shape index (κ1) is 13.2. The molecule has 0 aliphatic carbocycles. The highest BCUT2D eigenvalue weighted by Gasteiger charge is 2.12. The van der Waals surface area contributed by atoms with Gasteiger partial charge in [-0.15, -0.1) is 0 Å². The fraction of sp³-hybridized carbons (Fsp3) is 0.417. The van der Waals surface area contributed by atoms with Crippen LogP contribution < -0.4 is 10.6 Å². The zero-order chi connectivity index (χ0) is 12.5. The number of carbonyl (C=O) groups is 2. The summed E-state index contributed by atoms with van der Waals surface area (Å²) in [5.74, 6) is -0.923. The largest absolute Gasteiger partial charge is 0.348 e. The Morgan fingerprint density at radius 2 is 2.06 bits per heavy atom. The van der Waals surface area contributed by atoms with Crippen LogP contribution in [0.15, 0.2) is 24.4 Å². The molecule has 0 atom stereocenters. The number of carbonyl (C=O) groups excluding carboxylic acids is 2. The lowest BCUT2D eigenvalue weighted by atomic mass is 10.2. The molecule has 0 spiro atoms. The number of hydrogen-bond donors (Lipinski definition) is 2. The van der Waals surface area contributed by atoms with Gasteiger partial charge in [0.1, 0.15) is 5.82 Å². The smallest absolute Gasteiger partial charge is 0.314 e. The van der Waals surface area contributed by atoms with Crippen molar-refractivity contribution >= 4 is 17.6 Å². The van der Waals surface area contributed by atoms with Gasteiger partial charge < -0.3 is 10.6 Å². The van der Waals surface area contributed by atoms with Crippen molar-refractivity contribution in [1.82, 2.24) is 10.3 Å². The molecular weight excluding hydrogens is 218 g/mol. The molecule has 0 fully saturated rings. The Labute approximate surface area is 101 Å². The number of pyridine rings is 1. The standard InChI is InChI=1S/C12H17N3O2/c1-2-3-5-9-14-11(16)12(17)15-10-7-4-6-8-13-10/h4,6-8H,2-3,5,9H2,1H3,(H,14,16)(H,13,15,17). The zero-order valence-corrected chi connectivity index (χ0v) is 9.90. The Balaban J connectivity index is 2.30. The van der Waals surface area contributed by atoms with E-state index in [2.05, 4.69) is 22.5 Å². The minimum absolute atomic E-state index is 0.376. The average Bonchev–Trinajstić information content (AvgIpc) is 2.35. The van der Waals surface area contributed by atoms with Crippen LogP contribution in [0.1, 0.15) is 26.2 Å². The van der Waals surface area contributed by atoms with Gasteiger partial charge in [-0.2, -0.15) is 0 Å². The number of aromatic nitrogens is 1. The van der Waals surface area contributed by atoms with Gasteiger partial charge in [-0.05, 0) is 18.6 Å². The van der Waals surface area contributed by atoms with Crippen molar-refractivity contribution < 1.29 is 9.59 Å². The summed E-state index contributed by atoms with van der Waals surface area (Å²) in [6.07, 6.45) is 4.56. The Kier molecular flexibility index (Phi) is 5.71. The second-order valence-electron chi connectivity index (χ2n) is 3.63. The normalized spacial score (nSPS) is 9.71. The first-order chi connectivity index (χ1) is 8.24. The van der Waals surface area contributed by atoms with Crippen LogP contribution in [0.2, 0.25) is 0 Å². The maximum absolute atomic E-state index is 11.4. The molecule has 17 heavy (non-hydrogen) atoms. The summed E-state index contributed by atoms with van der Waals surface area (Å²) < 4.78 is 0. The van der Waals surface area contributed by atoms with Gasteiger partial charge in [0, 0.05) is 12.7 Å². The first-order valence-corrected chi connectivity index (χ1v) is 5.74. The number of anilines is 1. The van der Waals surface area contributed by atoms with E-state index in [0.29, 0.717) is 12.4 Å². The summed E-state index contributed by atoms with van der Waals surface area (Å²) >= 11 is 0. The third-order valence-electron chi connectivity index (χ3n) is 2.18. The lowest BCUT2D eigenvalue weighted by molar-refractivity contribution is -0.136. The van der Waals surface area contributed by atoms with Crippen molar-refractivity contribution in [1.29, 1.82) is 0 Å². The third kappa shape index (κ3) is 5.10. The molecule has 5 nitrogen and oxygen atoms in total. The van der Waals surface area contributed by atoms with Gasteiger partial charge in [0.05, 0.1) is 0 Å². The average molecular weight is 235 g/mol. The predicted molar refractivity (Wildman–Crippen MR) is 65.4 cm³/mol. The Hall–Kier alpha value is -1.91. The Morgan fingerprint density at radius 1 is 1.24 bits per heavy atom. The first-order valence-electron chi connectivity index (χ1n) is 5.74. The summed E-state index contributed by atoms with van der Waals surface area (Å²) in [6.45, 7) is 2.61. The van der Waals surface area contributed by atoms with Gasteiger partial charge in [-0.25, -0.2) is 4.98 Å². The van der Waals surface area contributed by atoms with Crippen LogP contribution >= 0.6 is 0 Å². The van der Waals surface area contributed by atoms with E-state index in [-0.39, 0.29) is 0 Å². The molecule has 0 aliphatic rings. The second-order valence-corrected chi connectivity index (χ2v) is 3.63. The topological polar surface area (TPSA) is 71.1 Å². The van der Waals surface area contributed by atoms with Crippen molar-refractivity contribution in [2.75, 3.05) is 11.9 Å². The van der Waals surface area contributed by atoms with E-state index in [1.54, 1.807) is 24.4 Å². The number of nitrogens with one attached hydrogen (secondary N) is 2. The number of unbranched alkanes of at least 4 members (excludes halogenated alkanes) is 2. The van der Waals surface area contributed by atoms with E-state index in [4.69, 9.17) is 0 Å². The zero-order valence-electron chi connectivity index (χ0n) is 9.90. The molecule has 1 aromatic heterocycles. The molecule has 0 radical (unpaired) electrons. The molecule has 1 rings (SSSR count). The van der Waals surface area contributed by atoms with Crippen LogP contribution in [-0.4, -0.2) is 23.3 Å². The molecule has 0 saturated heterocycles. The van der Waals surface area contributed by atoms with Crippen LogP contribution in [0.3, 0.4) is 0 Å². The van der Waals surface area contributed by atoms with Gasteiger partial charge in [-0.3, -0.25) is 9.59 Å². The third-order valence-corrected chi connectivity index (χ3v) is 2.18. The highest BCUT2D eigenvalue weighted by molar-refractivity contribution is 6.39. The molecule has 2 amide bonds. The molecule has 0 unspecified atom stereocenters. The molecule has 2 N–H and O–H groups in total. The lowest BCUT2D eigenvalue weighted by Crippen LogP contribution is -2.36. The van der Waals surface area contributed by atoms with Crippen LogP contribution in [-0.2, 0) is 9.59 Å². The summed E-state index contributed by atoms with van der Waals surface area (Å²) in [7, 11) is 0. The second kappa shape index (κ2) is 7.38. The summed E-state index contributed by atoms with van der Waals surface area (Å²) in [6, 6.07) is 5.10. The maximum Gasteiger partial charge on any atom is 0.314 e. The molecular formula is C12H17N3O2. The number of hydrogen-bond acceptors (Lipinski definition) is 3. The molecule has 0 saturated carbocycles. The molecule has 1 aromatic rings. The van der Waals surface area contributed by atoms with E-state index < -0.39 is 11.8 Å². The minimum Gasteiger partial charge on any atom is -0.348 e. The maximum atomic E-state index is 11.4. The van der Waals surface area contributed by atoms with Crippen molar-refractivity contribution in [3.8, 4) is 0 Å². The number of amides is 2. The van der Waals surface area contributed by atoms with Crippen molar-refractivity contribution in [2.24, 2.45) is 0 Å². The predicted octanol–water partition coefficient (Wildman–Crippen LogP) is 1.33. The van der Waals surface area contributed by atoms with E-state index >= 15 is 0 Å². The van der Waals surface area contributed by atoms with Crippen LogP contribution in [0.4, 0.5) is 5.82 Å². The van der Waals surface area contributed by atoms with E-state index in [1.807, 2.05) is 0 Å². The minimum atomic E-state index is -0.680. The van der Waals surface area contributed by atoms with Gasteiger partial charge >= 0.3 is 11.8 Å². The van der Waals surface area contributed by atoms with E-state index in [1.165, 1.54) is 0 Å². The van der Waals surface area contributed by atoms with E-state index in [9.17, 15) is 9.59 Å². The van der Waals surface area contributed by atoms with Crippen molar-refractivity contribution in [3.63, 3.8) is 0 Å². The molecule has 5 heteroatoms. The summed E-state index contributed by atoms with van der Waals surface area (Å²) in [5, 5.41) is 4.98. The number of nitrogens with zero attached hydrogens (tertiary/aromatic N) is 1. The van der Waals surface area contributed by atoms with Gasteiger partial charge in [0.25, 0.3) is 0 Å². The summed E-state index contributed by atoms with van der Waals surface area (Å²) in [5.41, 5.74) is 0. The Morgan fingerprint density at radius 3 is 2.71 bits per heavy atom. The summed E-state index contributed by atoms with van der Waals surface area (Å²) in [4.78, 5) is 26.7. The lowest BCUT2D eigenvalue weighted by Gasteiger charge is -2.05. The van der Waals surface area contributed by atoms with Gasteiger partial charge in [0.15, 0.2) is 0 Å². The molecule has 0 aromatic carbocycles. The van der Waals surface area contributed by atoms with Crippen LogP contribution in [0.25, 0.3) is 0 Å². The van der Waals surface area contributed by atoms with Crippen LogP contribution in [0, 0.1) is 0 Å². The van der Waals surface area contributed by atoms with Gasteiger partial charge in [0.2, 0.25) is 0 Å². The molecule has 0 bridgehead atoms. The highest BCUT2D eigenvalue weighted by Crippen LogP contribution is 1.99. The van der Waals surface area contributed by atoms with Gasteiger partial charge in [-0.1, -0.05) is 25.8 Å². The fourth-order valence-electron chi connectivity index (χ4n) is 1.27. The molecule has 1 heterocycles. The molecule has 0 aliphatic heterocycles. The van der Waals surface area contributed by atoms with Crippen LogP contribution in [0.5, 0.6) is 0 Å². The van der Waals surface area contributed by atoms with E-state index in [0.717, 1.165) is 19.3 Å². The SMILES string of the molecule is CCCCCNC(=O)C(=O)Nc1ccccn1. The monoisotopic (exact) mass is 235 g/mol. The number of rotatable bonds is 5. The Bertz CT molecular complexity index is 365. The van der Waals surface area contributed by atoms with Crippen molar-refractivity contribution in [3.05, 3.63) is 24.4 Å². The quantitative estimate of drug-likeness (QED) is 0.597. The van der Waals surface area contributed by atoms with Crippen molar-refractivity contribution in [2.45, 2.75) is 26.2 Å². The fourth-order valence-corrected chi connectivity index (χ4v) is 1.27. The highest BCUT2D eigenvalue weighted by atomic mass is 16.2. The molecule has 92 valence electrons.